The Morgan fingerprint density at radius 2 is 1.59 bits per heavy atom. The van der Waals surface area contributed by atoms with Gasteiger partial charge in [-0.1, -0.05) is 13.8 Å². The molecule has 0 amide bonds. The Hall–Kier alpha value is -1.56. The average molecular weight is 431 g/mol. The highest BCUT2D eigenvalue weighted by molar-refractivity contribution is 6.17. The Bertz CT molecular complexity index is 651. The number of alkyl halides is 1. The van der Waals surface area contributed by atoms with Gasteiger partial charge in [0.25, 0.3) is 0 Å². The maximum absolute atomic E-state index is 12.8. The van der Waals surface area contributed by atoms with Gasteiger partial charge in [0.1, 0.15) is 18.5 Å². The van der Waals surface area contributed by atoms with E-state index in [4.69, 9.17) is 25.8 Å². The normalized spacial score (nSPS) is 20.6. The van der Waals surface area contributed by atoms with Crippen molar-refractivity contribution in [2.24, 2.45) is 16.2 Å². The van der Waals surface area contributed by atoms with Gasteiger partial charge in [-0.15, -0.1) is 11.6 Å². The molecule has 1 aliphatic rings. The number of carbonyl (C=O) groups excluding carboxylic acids is 3. The molecule has 7 heteroatoms. The summed E-state index contributed by atoms with van der Waals surface area (Å²) in [5.74, 6) is -0.524. The molecule has 2 atom stereocenters. The summed E-state index contributed by atoms with van der Waals surface area (Å²) in [5.41, 5.74) is -1.92. The lowest BCUT2D eigenvalue weighted by Gasteiger charge is -2.41. The highest BCUT2D eigenvalue weighted by Crippen LogP contribution is 2.37. The van der Waals surface area contributed by atoms with E-state index in [1.165, 1.54) is 6.08 Å². The molecule has 0 spiro atoms. The maximum Gasteiger partial charge on any atom is 0.312 e. The summed E-state index contributed by atoms with van der Waals surface area (Å²) in [6, 6.07) is 0. The van der Waals surface area contributed by atoms with Gasteiger partial charge in [-0.25, -0.2) is 0 Å². The van der Waals surface area contributed by atoms with Crippen molar-refractivity contribution in [1.29, 1.82) is 0 Å². The van der Waals surface area contributed by atoms with E-state index < -0.39 is 40.4 Å². The largest absolute Gasteiger partial charge is 0.486 e. The van der Waals surface area contributed by atoms with Crippen molar-refractivity contribution in [3.63, 3.8) is 0 Å². The quantitative estimate of drug-likeness (QED) is 0.439. The summed E-state index contributed by atoms with van der Waals surface area (Å²) in [5, 5.41) is 0. The second-order valence-electron chi connectivity index (χ2n) is 10.2. The molecular weight excluding hydrogens is 396 g/mol. The van der Waals surface area contributed by atoms with E-state index in [1.54, 1.807) is 41.5 Å². The van der Waals surface area contributed by atoms with Crippen LogP contribution in [-0.2, 0) is 28.6 Å². The van der Waals surface area contributed by atoms with E-state index in [0.29, 0.717) is 12.3 Å². The average Bonchev–Trinajstić information content (AvgIpc) is 2.57. The monoisotopic (exact) mass is 430 g/mol. The summed E-state index contributed by atoms with van der Waals surface area (Å²) in [6.07, 6.45) is 0.880. The summed E-state index contributed by atoms with van der Waals surface area (Å²) < 4.78 is 16.9. The van der Waals surface area contributed by atoms with Gasteiger partial charge < -0.3 is 14.2 Å². The summed E-state index contributed by atoms with van der Waals surface area (Å²) >= 11 is 5.85. The predicted molar refractivity (Wildman–Crippen MR) is 111 cm³/mol. The van der Waals surface area contributed by atoms with Crippen LogP contribution in [-0.4, -0.2) is 42.4 Å². The van der Waals surface area contributed by atoms with Crippen LogP contribution in [0.5, 0.6) is 0 Å². The molecule has 1 heterocycles. The molecule has 0 aromatic carbocycles. The van der Waals surface area contributed by atoms with Gasteiger partial charge in [0.2, 0.25) is 11.9 Å². The molecule has 0 N–H and O–H groups in total. The minimum absolute atomic E-state index is 0.149. The summed E-state index contributed by atoms with van der Waals surface area (Å²) in [4.78, 5) is 37.3. The number of ether oxygens (including phenoxy) is 3. The van der Waals surface area contributed by atoms with Crippen LogP contribution in [0.25, 0.3) is 0 Å². The molecule has 6 nitrogen and oxygen atoms in total. The van der Waals surface area contributed by atoms with Crippen molar-refractivity contribution in [3.8, 4) is 0 Å². The van der Waals surface area contributed by atoms with E-state index in [1.807, 2.05) is 13.8 Å². The third kappa shape index (κ3) is 7.32. The maximum atomic E-state index is 12.8. The molecule has 29 heavy (non-hydrogen) atoms. The van der Waals surface area contributed by atoms with Crippen LogP contribution in [0.4, 0.5) is 0 Å². The van der Waals surface area contributed by atoms with Crippen molar-refractivity contribution in [3.05, 3.63) is 11.8 Å². The van der Waals surface area contributed by atoms with E-state index in [9.17, 15) is 14.4 Å². The van der Waals surface area contributed by atoms with Crippen LogP contribution < -0.4 is 0 Å². The number of carbonyl (C=O) groups is 3. The van der Waals surface area contributed by atoms with Crippen LogP contribution in [0.3, 0.4) is 0 Å². The fourth-order valence-corrected chi connectivity index (χ4v) is 2.86. The molecule has 1 aliphatic heterocycles. The fourth-order valence-electron chi connectivity index (χ4n) is 2.72. The van der Waals surface area contributed by atoms with Crippen molar-refractivity contribution >= 4 is 29.3 Å². The van der Waals surface area contributed by atoms with E-state index >= 15 is 0 Å². The Labute approximate surface area is 179 Å². The molecule has 0 saturated heterocycles. The van der Waals surface area contributed by atoms with Gasteiger partial charge in [0.05, 0.1) is 10.8 Å². The van der Waals surface area contributed by atoms with Crippen LogP contribution in [0.15, 0.2) is 11.8 Å². The molecule has 1 rings (SSSR count). The molecule has 0 aromatic heterocycles. The summed E-state index contributed by atoms with van der Waals surface area (Å²) in [6.45, 7) is 14.2. The minimum Gasteiger partial charge on any atom is -0.486 e. The Kier molecular flexibility index (Phi) is 8.35. The number of hydrogen-bond acceptors (Lipinski definition) is 6. The SMILES string of the molecule is CC(C)(C)C(=O)OCC1=CC(=O)[C@H](OC(=O)C(C)(C)C)[C@H](C(C)(C)CCCCl)O1. The fraction of sp³-hybridized carbons (Fsp3) is 0.773. The highest BCUT2D eigenvalue weighted by Gasteiger charge is 2.46. The number of rotatable bonds is 7. The van der Waals surface area contributed by atoms with Crippen molar-refractivity contribution in [2.45, 2.75) is 80.4 Å². The first-order valence-electron chi connectivity index (χ1n) is 9.95. The molecule has 0 radical (unpaired) electrons. The number of esters is 2. The van der Waals surface area contributed by atoms with Gasteiger partial charge in [0.15, 0.2) is 0 Å². The van der Waals surface area contributed by atoms with Crippen molar-refractivity contribution < 1.29 is 28.6 Å². The molecule has 0 bridgehead atoms. The second-order valence-corrected chi connectivity index (χ2v) is 10.6. The van der Waals surface area contributed by atoms with Crippen molar-refractivity contribution in [2.75, 3.05) is 12.5 Å². The van der Waals surface area contributed by atoms with E-state index in [0.717, 1.165) is 6.42 Å². The first-order valence-corrected chi connectivity index (χ1v) is 10.5. The van der Waals surface area contributed by atoms with E-state index in [2.05, 4.69) is 0 Å². The predicted octanol–water partition coefficient (Wildman–Crippen LogP) is 4.43. The Balaban J connectivity index is 3.10. The smallest absolute Gasteiger partial charge is 0.312 e. The van der Waals surface area contributed by atoms with Crippen LogP contribution in [0.2, 0.25) is 0 Å². The molecule has 0 aromatic rings. The second kappa shape index (κ2) is 9.50. The van der Waals surface area contributed by atoms with Crippen LogP contribution in [0, 0.1) is 16.2 Å². The number of ketones is 1. The Morgan fingerprint density at radius 1 is 1.03 bits per heavy atom. The lowest BCUT2D eigenvalue weighted by atomic mass is 9.77. The summed E-state index contributed by atoms with van der Waals surface area (Å²) in [7, 11) is 0. The zero-order chi connectivity index (χ0) is 22.6. The first-order chi connectivity index (χ1) is 13.1. The number of hydrogen-bond donors (Lipinski definition) is 0. The number of halogens is 1. The molecule has 0 fully saturated rings. The van der Waals surface area contributed by atoms with Gasteiger partial charge in [-0.05, 0) is 54.4 Å². The molecule has 0 aliphatic carbocycles. The third-order valence-electron chi connectivity index (χ3n) is 4.67. The minimum atomic E-state index is -1.06. The topological polar surface area (TPSA) is 78.9 Å². The molecule has 0 saturated carbocycles. The van der Waals surface area contributed by atoms with Crippen LogP contribution in [0.1, 0.15) is 68.2 Å². The van der Waals surface area contributed by atoms with Gasteiger partial charge in [0, 0.05) is 17.4 Å². The third-order valence-corrected chi connectivity index (χ3v) is 4.93. The standard InChI is InChI=1S/C22H35ClO6/c1-20(2,3)18(25)27-13-14-12-15(24)16(29-19(26)21(4,5)6)17(28-14)22(7,8)10-9-11-23/h12,16-17H,9-11,13H2,1-8H3/t16-,17+/m0/s1. The zero-order valence-electron chi connectivity index (χ0n) is 18.9. The molecular formula is C22H35ClO6. The van der Waals surface area contributed by atoms with Gasteiger partial charge >= 0.3 is 11.9 Å². The van der Waals surface area contributed by atoms with E-state index in [-0.39, 0.29) is 18.1 Å². The first kappa shape index (κ1) is 25.5. The van der Waals surface area contributed by atoms with Crippen molar-refractivity contribution in [1.82, 2.24) is 0 Å². The lowest BCUT2D eigenvalue weighted by molar-refractivity contribution is -0.178. The zero-order valence-corrected chi connectivity index (χ0v) is 19.6. The van der Waals surface area contributed by atoms with Crippen LogP contribution >= 0.6 is 11.6 Å². The van der Waals surface area contributed by atoms with Gasteiger partial charge in [-0.2, -0.15) is 0 Å². The Morgan fingerprint density at radius 3 is 2.07 bits per heavy atom. The lowest BCUT2D eigenvalue weighted by Crippen LogP contribution is -2.51. The molecule has 166 valence electrons. The van der Waals surface area contributed by atoms with Gasteiger partial charge in [-0.3, -0.25) is 14.4 Å². The highest BCUT2D eigenvalue weighted by atomic mass is 35.5. The molecule has 0 unspecified atom stereocenters.